The molecule has 1 saturated heterocycles. The summed E-state index contributed by atoms with van der Waals surface area (Å²) in [6.07, 6.45) is -1.79. The van der Waals surface area contributed by atoms with Crippen molar-refractivity contribution in [2.45, 2.75) is 37.0 Å². The third-order valence-electron chi connectivity index (χ3n) is 4.70. The van der Waals surface area contributed by atoms with Gasteiger partial charge in [0.25, 0.3) is 0 Å². The summed E-state index contributed by atoms with van der Waals surface area (Å²) in [6.45, 7) is 3.49. The third kappa shape index (κ3) is 4.31. The zero-order valence-corrected chi connectivity index (χ0v) is 15.9. The maximum atomic E-state index is 12.5. The summed E-state index contributed by atoms with van der Waals surface area (Å²) in [5, 5.41) is 0. The first-order valence-corrected chi connectivity index (χ1v) is 9.10. The number of ether oxygens (including phenoxy) is 3. The van der Waals surface area contributed by atoms with Crippen LogP contribution in [0.4, 0.5) is 0 Å². The van der Waals surface area contributed by atoms with Gasteiger partial charge < -0.3 is 14.2 Å². The number of alkyl halides is 1. The summed E-state index contributed by atoms with van der Waals surface area (Å²) in [5.41, 5.74) is 0.861. The van der Waals surface area contributed by atoms with E-state index in [4.69, 9.17) is 25.8 Å². The van der Waals surface area contributed by atoms with E-state index in [9.17, 15) is 9.59 Å². The molecule has 142 valence electrons. The predicted octanol–water partition coefficient (Wildman–Crippen LogP) is 3.85. The molecule has 27 heavy (non-hydrogen) atoms. The second-order valence-corrected chi connectivity index (χ2v) is 7.44. The normalized spacial score (nSPS) is 27.1. The van der Waals surface area contributed by atoms with Crippen LogP contribution in [-0.4, -0.2) is 41.7 Å². The van der Waals surface area contributed by atoms with Crippen molar-refractivity contribution in [3.63, 3.8) is 0 Å². The Morgan fingerprint density at radius 3 is 2.07 bits per heavy atom. The zero-order valence-electron chi connectivity index (χ0n) is 15.1. The molecular formula is C21H21ClO5. The second-order valence-electron chi connectivity index (χ2n) is 6.62. The van der Waals surface area contributed by atoms with Crippen LogP contribution in [0.2, 0.25) is 0 Å². The fraction of sp³-hybridized carbons (Fsp3) is 0.333. The number of rotatable bonds is 5. The largest absolute Gasteiger partial charge is 0.459 e. The highest BCUT2D eigenvalue weighted by Crippen LogP contribution is 2.39. The molecule has 0 spiro atoms. The lowest BCUT2D eigenvalue weighted by molar-refractivity contribution is -0.0397. The van der Waals surface area contributed by atoms with Gasteiger partial charge in [-0.2, -0.15) is 0 Å². The Labute approximate surface area is 163 Å². The van der Waals surface area contributed by atoms with Gasteiger partial charge in [-0.25, -0.2) is 9.59 Å². The van der Waals surface area contributed by atoms with Crippen LogP contribution >= 0.6 is 11.6 Å². The van der Waals surface area contributed by atoms with Crippen LogP contribution in [-0.2, 0) is 14.2 Å². The standard InChI is InChI=1S/C21H21ClO5/c1-14-21(2,22)18(27-20(24)16-11-7-4-8-12-16)17(26-14)13-25-19(23)15-9-5-3-6-10-15/h3-12,14,17-18H,13H2,1-2H3/t14?,17-,18-,21+/m1/s1. The number of halogens is 1. The van der Waals surface area contributed by atoms with E-state index in [0.29, 0.717) is 11.1 Å². The predicted molar refractivity (Wildman–Crippen MR) is 101 cm³/mol. The molecule has 0 aromatic heterocycles. The summed E-state index contributed by atoms with van der Waals surface area (Å²) in [4.78, 5) is 23.7. The first-order valence-electron chi connectivity index (χ1n) is 8.72. The molecule has 0 amide bonds. The van der Waals surface area contributed by atoms with E-state index in [0.717, 1.165) is 0 Å². The Morgan fingerprint density at radius 1 is 1.00 bits per heavy atom. The van der Waals surface area contributed by atoms with Crippen LogP contribution in [0.15, 0.2) is 60.7 Å². The minimum Gasteiger partial charge on any atom is -0.459 e. The van der Waals surface area contributed by atoms with Crippen molar-refractivity contribution < 1.29 is 23.8 Å². The average molecular weight is 389 g/mol. The molecule has 2 aromatic carbocycles. The molecule has 4 atom stereocenters. The molecule has 1 aliphatic heterocycles. The molecule has 5 nitrogen and oxygen atoms in total. The Balaban J connectivity index is 1.69. The van der Waals surface area contributed by atoms with E-state index in [-0.39, 0.29) is 12.7 Å². The quantitative estimate of drug-likeness (QED) is 0.575. The number of benzene rings is 2. The van der Waals surface area contributed by atoms with Gasteiger partial charge in [0.2, 0.25) is 0 Å². The van der Waals surface area contributed by atoms with Crippen LogP contribution in [0.25, 0.3) is 0 Å². The molecule has 0 aliphatic carbocycles. The Kier molecular flexibility index (Phi) is 5.82. The monoisotopic (exact) mass is 388 g/mol. The number of hydrogen-bond acceptors (Lipinski definition) is 5. The molecule has 1 unspecified atom stereocenters. The molecule has 0 saturated carbocycles. The molecule has 1 fully saturated rings. The highest BCUT2D eigenvalue weighted by Gasteiger charge is 2.53. The number of hydrogen-bond donors (Lipinski definition) is 0. The molecule has 1 heterocycles. The lowest BCUT2D eigenvalue weighted by atomic mass is 9.98. The lowest BCUT2D eigenvalue weighted by Gasteiger charge is -2.27. The third-order valence-corrected chi connectivity index (χ3v) is 5.22. The summed E-state index contributed by atoms with van der Waals surface area (Å²) >= 11 is 6.60. The van der Waals surface area contributed by atoms with Crippen molar-refractivity contribution in [3.8, 4) is 0 Å². The molecule has 2 aromatic rings. The van der Waals surface area contributed by atoms with Gasteiger partial charge >= 0.3 is 11.9 Å². The minimum absolute atomic E-state index is 0.0624. The van der Waals surface area contributed by atoms with E-state index in [1.807, 2.05) is 12.1 Å². The van der Waals surface area contributed by atoms with Crippen molar-refractivity contribution >= 4 is 23.5 Å². The van der Waals surface area contributed by atoms with Crippen molar-refractivity contribution in [2.75, 3.05) is 6.61 Å². The van der Waals surface area contributed by atoms with Crippen LogP contribution < -0.4 is 0 Å². The van der Waals surface area contributed by atoms with Crippen molar-refractivity contribution in [2.24, 2.45) is 0 Å². The van der Waals surface area contributed by atoms with Gasteiger partial charge in [-0.15, -0.1) is 11.6 Å². The molecule has 0 radical (unpaired) electrons. The first kappa shape index (κ1) is 19.4. The maximum Gasteiger partial charge on any atom is 0.338 e. The van der Waals surface area contributed by atoms with Gasteiger partial charge in [0.05, 0.1) is 17.2 Å². The summed E-state index contributed by atoms with van der Waals surface area (Å²) in [5.74, 6) is -0.965. The van der Waals surface area contributed by atoms with Crippen molar-refractivity contribution in [3.05, 3.63) is 71.8 Å². The molecule has 3 rings (SSSR count). The van der Waals surface area contributed by atoms with E-state index in [2.05, 4.69) is 0 Å². The fourth-order valence-corrected chi connectivity index (χ4v) is 3.19. The topological polar surface area (TPSA) is 61.8 Å². The summed E-state index contributed by atoms with van der Waals surface area (Å²) < 4.78 is 16.8. The number of carbonyl (C=O) groups excluding carboxylic acids is 2. The lowest BCUT2D eigenvalue weighted by Crippen LogP contribution is -2.44. The molecule has 6 heteroatoms. The van der Waals surface area contributed by atoms with Crippen molar-refractivity contribution in [1.29, 1.82) is 0 Å². The van der Waals surface area contributed by atoms with Gasteiger partial charge in [0.1, 0.15) is 17.6 Å². The smallest absolute Gasteiger partial charge is 0.338 e. The van der Waals surface area contributed by atoms with Crippen molar-refractivity contribution in [1.82, 2.24) is 0 Å². The Morgan fingerprint density at radius 2 is 1.52 bits per heavy atom. The number of carbonyl (C=O) groups is 2. The van der Waals surface area contributed by atoms with E-state index < -0.39 is 29.0 Å². The van der Waals surface area contributed by atoms with E-state index in [1.54, 1.807) is 62.4 Å². The van der Waals surface area contributed by atoms with E-state index >= 15 is 0 Å². The molecule has 0 N–H and O–H groups in total. The van der Waals surface area contributed by atoms with Gasteiger partial charge in [-0.3, -0.25) is 0 Å². The SMILES string of the molecule is CC1O[C@H](COC(=O)c2ccccc2)[C@@H](OC(=O)c2ccccc2)[C@@]1(C)Cl. The van der Waals surface area contributed by atoms with Gasteiger partial charge in [0.15, 0.2) is 6.10 Å². The molecule has 0 bridgehead atoms. The maximum absolute atomic E-state index is 12.5. The average Bonchev–Trinajstić information content (AvgIpc) is 2.90. The molecule has 1 aliphatic rings. The summed E-state index contributed by atoms with van der Waals surface area (Å²) in [6, 6.07) is 17.3. The van der Waals surface area contributed by atoms with Crippen LogP contribution in [0.1, 0.15) is 34.6 Å². The Bertz CT molecular complexity index is 791. The first-order chi connectivity index (χ1) is 12.9. The molecular weight excluding hydrogens is 368 g/mol. The van der Waals surface area contributed by atoms with Gasteiger partial charge in [-0.05, 0) is 38.1 Å². The van der Waals surface area contributed by atoms with E-state index in [1.165, 1.54) is 0 Å². The number of esters is 2. The van der Waals surface area contributed by atoms with Crippen LogP contribution in [0.5, 0.6) is 0 Å². The second kappa shape index (κ2) is 8.11. The zero-order chi connectivity index (χ0) is 19.4. The van der Waals surface area contributed by atoms with Gasteiger partial charge in [0, 0.05) is 0 Å². The van der Waals surface area contributed by atoms with Gasteiger partial charge in [-0.1, -0.05) is 36.4 Å². The highest BCUT2D eigenvalue weighted by molar-refractivity contribution is 6.25. The van der Waals surface area contributed by atoms with Crippen LogP contribution in [0.3, 0.4) is 0 Å². The summed E-state index contributed by atoms with van der Waals surface area (Å²) in [7, 11) is 0. The van der Waals surface area contributed by atoms with Crippen LogP contribution in [0, 0.1) is 0 Å². The highest BCUT2D eigenvalue weighted by atomic mass is 35.5. The minimum atomic E-state index is -0.936. The fourth-order valence-electron chi connectivity index (χ4n) is 2.95. The Hall–Kier alpha value is -2.37.